The molecule has 0 unspecified atom stereocenters. The number of benzene rings is 2. The third-order valence-electron chi connectivity index (χ3n) is 3.15. The van der Waals surface area contributed by atoms with Crippen molar-refractivity contribution in [3.63, 3.8) is 0 Å². The van der Waals surface area contributed by atoms with Crippen LogP contribution in [0.3, 0.4) is 0 Å². The highest BCUT2D eigenvalue weighted by atomic mass is 35.5. The van der Waals surface area contributed by atoms with Crippen molar-refractivity contribution in [2.45, 2.75) is 19.9 Å². The van der Waals surface area contributed by atoms with Crippen molar-refractivity contribution >= 4 is 34.9 Å². The van der Waals surface area contributed by atoms with E-state index in [1.165, 1.54) is 6.07 Å². The molecule has 2 rings (SSSR count). The molecule has 0 aliphatic heterocycles. The number of hydrogen-bond donors (Lipinski definition) is 2. The standard InChI is InChI=1S/C17H17Cl2NO3/c1-2-7-23-16-6-3-11(8-15(16)19)10-20-12-4-5-13(17(21)22)14(18)9-12/h3-6,8-9,20H,2,7,10H2,1H3,(H,21,22). The molecule has 6 heteroatoms. The lowest BCUT2D eigenvalue weighted by Crippen LogP contribution is -2.02. The predicted octanol–water partition coefficient (Wildman–Crippen LogP) is 5.09. The van der Waals surface area contributed by atoms with Gasteiger partial charge in [0.15, 0.2) is 0 Å². The molecule has 2 aromatic rings. The Kier molecular flexibility index (Phi) is 6.13. The summed E-state index contributed by atoms with van der Waals surface area (Å²) in [6.45, 7) is 3.20. The SMILES string of the molecule is CCCOc1ccc(CNc2ccc(C(=O)O)c(Cl)c2)cc1Cl. The number of carboxylic acids is 1. The van der Waals surface area contributed by atoms with E-state index in [1.807, 2.05) is 25.1 Å². The highest BCUT2D eigenvalue weighted by Gasteiger charge is 2.09. The second kappa shape index (κ2) is 8.09. The molecule has 0 aliphatic rings. The minimum atomic E-state index is -1.05. The molecule has 4 nitrogen and oxygen atoms in total. The molecule has 0 saturated heterocycles. The Bertz CT molecular complexity index is 704. The molecular weight excluding hydrogens is 337 g/mol. The fourth-order valence-electron chi connectivity index (χ4n) is 1.99. The maximum absolute atomic E-state index is 10.9. The Labute approximate surface area is 145 Å². The summed E-state index contributed by atoms with van der Waals surface area (Å²) in [6.07, 6.45) is 0.923. The lowest BCUT2D eigenvalue weighted by molar-refractivity contribution is 0.0697. The number of hydrogen-bond acceptors (Lipinski definition) is 3. The number of anilines is 1. The normalized spacial score (nSPS) is 10.4. The van der Waals surface area contributed by atoms with Crippen LogP contribution in [0.25, 0.3) is 0 Å². The molecule has 0 saturated carbocycles. The third kappa shape index (κ3) is 4.78. The fourth-order valence-corrected chi connectivity index (χ4v) is 2.51. The summed E-state index contributed by atoms with van der Waals surface area (Å²) >= 11 is 12.1. The number of halogens is 2. The van der Waals surface area contributed by atoms with Crippen molar-refractivity contribution < 1.29 is 14.6 Å². The van der Waals surface area contributed by atoms with Crippen LogP contribution >= 0.6 is 23.2 Å². The van der Waals surface area contributed by atoms with Gasteiger partial charge in [-0.15, -0.1) is 0 Å². The monoisotopic (exact) mass is 353 g/mol. The van der Waals surface area contributed by atoms with E-state index in [4.69, 9.17) is 33.0 Å². The van der Waals surface area contributed by atoms with E-state index in [0.717, 1.165) is 17.7 Å². The van der Waals surface area contributed by atoms with Crippen molar-refractivity contribution in [3.05, 3.63) is 57.6 Å². The van der Waals surface area contributed by atoms with Gasteiger partial charge in [0.1, 0.15) is 5.75 Å². The third-order valence-corrected chi connectivity index (χ3v) is 3.76. The zero-order chi connectivity index (χ0) is 16.8. The summed E-state index contributed by atoms with van der Waals surface area (Å²) < 4.78 is 5.53. The number of aromatic carboxylic acids is 1. The summed E-state index contributed by atoms with van der Waals surface area (Å²) in [6, 6.07) is 10.3. The fraction of sp³-hybridized carbons (Fsp3) is 0.235. The van der Waals surface area contributed by atoms with Gasteiger partial charge < -0.3 is 15.2 Å². The highest BCUT2D eigenvalue weighted by molar-refractivity contribution is 6.33. The molecule has 23 heavy (non-hydrogen) atoms. The van der Waals surface area contributed by atoms with Gasteiger partial charge in [-0.3, -0.25) is 0 Å². The average Bonchev–Trinajstić information content (AvgIpc) is 2.51. The van der Waals surface area contributed by atoms with Crippen molar-refractivity contribution in [1.29, 1.82) is 0 Å². The highest BCUT2D eigenvalue weighted by Crippen LogP contribution is 2.26. The zero-order valence-electron chi connectivity index (χ0n) is 12.6. The van der Waals surface area contributed by atoms with Gasteiger partial charge in [-0.2, -0.15) is 0 Å². The lowest BCUT2D eigenvalue weighted by Gasteiger charge is -2.11. The summed E-state index contributed by atoms with van der Waals surface area (Å²) in [5.41, 5.74) is 1.80. The molecule has 0 heterocycles. The average molecular weight is 354 g/mol. The first-order valence-electron chi connectivity index (χ1n) is 7.19. The number of rotatable bonds is 7. The van der Waals surface area contributed by atoms with E-state index in [2.05, 4.69) is 5.32 Å². The summed E-state index contributed by atoms with van der Waals surface area (Å²) in [4.78, 5) is 10.9. The Morgan fingerprint density at radius 2 is 1.96 bits per heavy atom. The molecule has 2 aromatic carbocycles. The first-order valence-corrected chi connectivity index (χ1v) is 7.94. The first-order chi connectivity index (χ1) is 11.0. The molecule has 0 bridgehead atoms. The van der Waals surface area contributed by atoms with Gasteiger partial charge in [0.05, 0.1) is 22.2 Å². The van der Waals surface area contributed by atoms with Crippen molar-refractivity contribution in [2.24, 2.45) is 0 Å². The van der Waals surface area contributed by atoms with Crippen LogP contribution in [0, 0.1) is 0 Å². The summed E-state index contributed by atoms with van der Waals surface area (Å²) in [5, 5.41) is 12.9. The smallest absolute Gasteiger partial charge is 0.337 e. The number of carboxylic acid groups (broad SMARTS) is 1. The van der Waals surface area contributed by atoms with E-state index in [-0.39, 0.29) is 10.6 Å². The quantitative estimate of drug-likeness (QED) is 0.727. The minimum absolute atomic E-state index is 0.0812. The maximum Gasteiger partial charge on any atom is 0.337 e. The zero-order valence-corrected chi connectivity index (χ0v) is 14.1. The molecule has 0 fully saturated rings. The minimum Gasteiger partial charge on any atom is -0.492 e. The second-order valence-corrected chi connectivity index (χ2v) is 5.78. The van der Waals surface area contributed by atoms with Gasteiger partial charge in [-0.1, -0.05) is 36.2 Å². The molecule has 122 valence electrons. The van der Waals surface area contributed by atoms with Gasteiger partial charge >= 0.3 is 5.97 Å². The maximum atomic E-state index is 10.9. The molecule has 0 atom stereocenters. The van der Waals surface area contributed by atoms with Crippen LogP contribution in [0.1, 0.15) is 29.3 Å². The van der Waals surface area contributed by atoms with E-state index in [1.54, 1.807) is 12.1 Å². The largest absolute Gasteiger partial charge is 0.492 e. The van der Waals surface area contributed by atoms with Crippen LogP contribution in [-0.4, -0.2) is 17.7 Å². The Morgan fingerprint density at radius 1 is 1.17 bits per heavy atom. The van der Waals surface area contributed by atoms with Crippen LogP contribution in [0.2, 0.25) is 10.0 Å². The number of ether oxygens (including phenoxy) is 1. The molecule has 0 aliphatic carbocycles. The molecular formula is C17H17Cl2NO3. The summed E-state index contributed by atoms with van der Waals surface area (Å²) in [5.74, 6) is -0.373. The van der Waals surface area contributed by atoms with Crippen molar-refractivity contribution in [3.8, 4) is 5.75 Å². The summed E-state index contributed by atoms with van der Waals surface area (Å²) in [7, 11) is 0. The van der Waals surface area contributed by atoms with Crippen molar-refractivity contribution in [2.75, 3.05) is 11.9 Å². The molecule has 0 amide bonds. The number of nitrogens with one attached hydrogen (secondary N) is 1. The van der Waals surface area contributed by atoms with Crippen LogP contribution in [-0.2, 0) is 6.54 Å². The Balaban J connectivity index is 2.02. The topological polar surface area (TPSA) is 58.6 Å². The van der Waals surface area contributed by atoms with Gasteiger partial charge in [0.2, 0.25) is 0 Å². The molecule has 0 spiro atoms. The Hall–Kier alpha value is -1.91. The van der Waals surface area contributed by atoms with Crippen molar-refractivity contribution in [1.82, 2.24) is 0 Å². The molecule has 2 N–H and O–H groups in total. The molecule has 0 radical (unpaired) electrons. The van der Waals surface area contributed by atoms with E-state index in [0.29, 0.717) is 23.9 Å². The molecule has 0 aromatic heterocycles. The van der Waals surface area contributed by atoms with Gasteiger partial charge in [-0.05, 0) is 42.3 Å². The van der Waals surface area contributed by atoms with Crippen LogP contribution < -0.4 is 10.1 Å². The van der Waals surface area contributed by atoms with Crippen LogP contribution in [0.15, 0.2) is 36.4 Å². The predicted molar refractivity (Wildman–Crippen MR) is 93.0 cm³/mol. The number of carbonyl (C=O) groups is 1. The second-order valence-electron chi connectivity index (χ2n) is 4.97. The Morgan fingerprint density at radius 3 is 2.57 bits per heavy atom. The van der Waals surface area contributed by atoms with Crippen LogP contribution in [0.4, 0.5) is 5.69 Å². The lowest BCUT2D eigenvalue weighted by atomic mass is 10.2. The van der Waals surface area contributed by atoms with Gasteiger partial charge in [-0.25, -0.2) is 4.79 Å². The van der Waals surface area contributed by atoms with E-state index >= 15 is 0 Å². The van der Waals surface area contributed by atoms with E-state index < -0.39 is 5.97 Å². The first kappa shape index (κ1) is 17.4. The van der Waals surface area contributed by atoms with Crippen LogP contribution in [0.5, 0.6) is 5.75 Å². The van der Waals surface area contributed by atoms with Gasteiger partial charge in [0.25, 0.3) is 0 Å². The van der Waals surface area contributed by atoms with Gasteiger partial charge in [0, 0.05) is 12.2 Å². The van der Waals surface area contributed by atoms with E-state index in [9.17, 15) is 4.79 Å².